The zero-order valence-corrected chi connectivity index (χ0v) is 17.7. The maximum Gasteiger partial charge on any atom is 0.319 e. The molecule has 0 radical (unpaired) electrons. The van der Waals surface area contributed by atoms with Gasteiger partial charge in [-0.05, 0) is 30.2 Å². The summed E-state index contributed by atoms with van der Waals surface area (Å²) in [7, 11) is 1.45. The number of urea groups is 1. The maximum atomic E-state index is 14.0. The predicted molar refractivity (Wildman–Crippen MR) is 117 cm³/mol. The summed E-state index contributed by atoms with van der Waals surface area (Å²) in [5.74, 6) is -3.04. The number of carbonyl (C=O) groups is 2. The van der Waals surface area contributed by atoms with Gasteiger partial charge in [0.15, 0.2) is 5.69 Å². The van der Waals surface area contributed by atoms with Crippen LogP contribution in [0.4, 0.5) is 19.3 Å². The Bertz CT molecular complexity index is 1270. The fourth-order valence-corrected chi connectivity index (χ4v) is 3.35. The summed E-state index contributed by atoms with van der Waals surface area (Å²) in [5.41, 5.74) is 0.371. The van der Waals surface area contributed by atoms with Gasteiger partial charge in [0.05, 0.1) is 12.5 Å². The van der Waals surface area contributed by atoms with E-state index < -0.39 is 47.4 Å². The second-order valence-electron chi connectivity index (χ2n) is 7.45. The number of hydrogen-bond acceptors (Lipinski definition) is 4. The first kappa shape index (κ1) is 23.5. The van der Waals surface area contributed by atoms with Crippen molar-refractivity contribution in [3.05, 3.63) is 81.8 Å². The highest BCUT2D eigenvalue weighted by molar-refractivity contribution is 5.91. The molecule has 0 fully saturated rings. The molecular weight excluding hydrogens is 436 g/mol. The molecule has 0 saturated heterocycles. The number of nitrogens with zero attached hydrogens (tertiary/aromatic N) is 1. The summed E-state index contributed by atoms with van der Waals surface area (Å²) in [4.78, 5) is 36.1. The Kier molecular flexibility index (Phi) is 6.76. The van der Waals surface area contributed by atoms with Gasteiger partial charge in [0, 0.05) is 30.4 Å². The third-order valence-electron chi connectivity index (χ3n) is 5.01. The van der Waals surface area contributed by atoms with Gasteiger partial charge in [-0.25, -0.2) is 13.6 Å². The van der Waals surface area contributed by atoms with Gasteiger partial charge in [-0.2, -0.15) is 0 Å². The van der Waals surface area contributed by atoms with E-state index in [1.807, 2.05) is 0 Å². The number of aryl methyl sites for hydroxylation is 2. The first-order chi connectivity index (χ1) is 15.6. The molecule has 8 nitrogen and oxygen atoms in total. The van der Waals surface area contributed by atoms with Gasteiger partial charge < -0.3 is 25.4 Å². The van der Waals surface area contributed by atoms with Gasteiger partial charge in [-0.1, -0.05) is 24.3 Å². The SMILES string of the molecule is Cc1cn(C)c(=O)c(NC(=O)NC(CC(=O)O)c2ccc(-c3ccc(F)cc3F)cc2)c1O. The zero-order chi connectivity index (χ0) is 24.3. The lowest BCUT2D eigenvalue weighted by atomic mass is 9.99. The Morgan fingerprint density at radius 2 is 1.79 bits per heavy atom. The molecular formula is C23H21F2N3O5. The van der Waals surface area contributed by atoms with Gasteiger partial charge in [0.1, 0.15) is 17.4 Å². The minimum absolute atomic E-state index is 0.161. The van der Waals surface area contributed by atoms with Crippen molar-refractivity contribution >= 4 is 17.7 Å². The van der Waals surface area contributed by atoms with Crippen molar-refractivity contribution in [1.82, 2.24) is 9.88 Å². The number of aromatic nitrogens is 1. The van der Waals surface area contributed by atoms with E-state index in [0.29, 0.717) is 16.7 Å². The highest BCUT2D eigenvalue weighted by Gasteiger charge is 2.21. The molecule has 172 valence electrons. The van der Waals surface area contributed by atoms with Crippen LogP contribution >= 0.6 is 0 Å². The van der Waals surface area contributed by atoms with Crippen LogP contribution in [0.2, 0.25) is 0 Å². The number of hydrogen-bond donors (Lipinski definition) is 4. The summed E-state index contributed by atoms with van der Waals surface area (Å²) < 4.78 is 28.4. The average molecular weight is 457 g/mol. The average Bonchev–Trinajstić information content (AvgIpc) is 2.75. The molecule has 0 aliphatic heterocycles. The summed E-state index contributed by atoms with van der Waals surface area (Å²) in [6.45, 7) is 1.55. The molecule has 4 N–H and O–H groups in total. The van der Waals surface area contributed by atoms with Crippen molar-refractivity contribution in [3.8, 4) is 16.9 Å². The zero-order valence-electron chi connectivity index (χ0n) is 17.7. The van der Waals surface area contributed by atoms with Gasteiger partial charge in [-0.15, -0.1) is 0 Å². The van der Waals surface area contributed by atoms with Crippen LogP contribution in [0.15, 0.2) is 53.5 Å². The van der Waals surface area contributed by atoms with Gasteiger partial charge >= 0.3 is 12.0 Å². The van der Waals surface area contributed by atoms with Crippen molar-refractivity contribution in [3.63, 3.8) is 0 Å². The molecule has 3 aromatic rings. The summed E-state index contributed by atoms with van der Waals surface area (Å²) in [6.07, 6.45) is 0.926. The normalized spacial score (nSPS) is 11.6. The predicted octanol–water partition coefficient (Wildman–Crippen LogP) is 3.68. The highest BCUT2D eigenvalue weighted by Crippen LogP contribution is 2.27. The molecule has 33 heavy (non-hydrogen) atoms. The maximum absolute atomic E-state index is 14.0. The van der Waals surface area contributed by atoms with Crippen molar-refractivity contribution in [2.75, 3.05) is 5.32 Å². The number of carboxylic acids is 1. The molecule has 1 aromatic heterocycles. The Hall–Kier alpha value is -4.21. The summed E-state index contributed by atoms with van der Waals surface area (Å²) >= 11 is 0. The van der Waals surface area contributed by atoms with Gasteiger partial charge in [-0.3, -0.25) is 9.59 Å². The van der Waals surface area contributed by atoms with Crippen molar-refractivity contribution < 1.29 is 28.6 Å². The van der Waals surface area contributed by atoms with Crippen LogP contribution in [0.5, 0.6) is 5.75 Å². The molecule has 0 spiro atoms. The first-order valence-corrected chi connectivity index (χ1v) is 9.80. The van der Waals surface area contributed by atoms with Gasteiger partial charge in [0.2, 0.25) is 0 Å². The molecule has 0 aliphatic rings. The molecule has 0 saturated carbocycles. The van der Waals surface area contributed by atoms with Crippen LogP contribution in [0.3, 0.4) is 0 Å². The number of benzene rings is 2. The van der Waals surface area contributed by atoms with E-state index in [-0.39, 0.29) is 11.3 Å². The Balaban J connectivity index is 1.84. The monoisotopic (exact) mass is 457 g/mol. The third kappa shape index (κ3) is 5.35. The van der Waals surface area contributed by atoms with Crippen molar-refractivity contribution in [2.24, 2.45) is 7.05 Å². The van der Waals surface area contributed by atoms with E-state index in [9.17, 15) is 33.4 Å². The molecule has 2 aromatic carbocycles. The number of carbonyl (C=O) groups excluding carboxylic acids is 1. The molecule has 0 aliphatic carbocycles. The van der Waals surface area contributed by atoms with Crippen LogP contribution < -0.4 is 16.2 Å². The summed E-state index contributed by atoms with van der Waals surface area (Å²) in [6, 6.07) is 7.33. The van der Waals surface area contributed by atoms with Crippen LogP contribution in [-0.4, -0.2) is 26.8 Å². The van der Waals surface area contributed by atoms with Gasteiger partial charge in [0.25, 0.3) is 5.56 Å². The lowest BCUT2D eigenvalue weighted by Gasteiger charge is -2.19. The third-order valence-corrected chi connectivity index (χ3v) is 5.01. The first-order valence-electron chi connectivity index (χ1n) is 9.80. The van der Waals surface area contributed by atoms with E-state index >= 15 is 0 Å². The molecule has 10 heteroatoms. The molecule has 2 amide bonds. The lowest BCUT2D eigenvalue weighted by Crippen LogP contribution is -2.36. The number of amides is 2. The van der Waals surface area contributed by atoms with Crippen molar-refractivity contribution in [1.29, 1.82) is 0 Å². The molecule has 1 unspecified atom stereocenters. The molecule has 0 bridgehead atoms. The van der Waals surface area contributed by atoms with Crippen molar-refractivity contribution in [2.45, 2.75) is 19.4 Å². The fraction of sp³-hybridized carbons (Fsp3) is 0.174. The summed E-state index contributed by atoms with van der Waals surface area (Å²) in [5, 5.41) is 24.1. The minimum atomic E-state index is -1.19. The van der Waals surface area contributed by atoms with Crippen LogP contribution in [-0.2, 0) is 11.8 Å². The Labute approximate surface area is 187 Å². The fourth-order valence-electron chi connectivity index (χ4n) is 3.35. The number of aromatic hydroxyl groups is 1. The number of carboxylic acid groups (broad SMARTS) is 1. The topological polar surface area (TPSA) is 121 Å². The number of pyridine rings is 1. The second kappa shape index (κ2) is 9.51. The van der Waals surface area contributed by atoms with Crippen LogP contribution in [0.1, 0.15) is 23.6 Å². The van der Waals surface area contributed by atoms with E-state index in [0.717, 1.165) is 12.1 Å². The van der Waals surface area contributed by atoms with E-state index in [1.54, 1.807) is 6.92 Å². The minimum Gasteiger partial charge on any atom is -0.505 e. The number of rotatable bonds is 6. The molecule has 1 heterocycles. The van der Waals surface area contributed by atoms with E-state index in [4.69, 9.17) is 0 Å². The van der Waals surface area contributed by atoms with Crippen LogP contribution in [0.25, 0.3) is 11.1 Å². The molecule has 1 atom stereocenters. The number of nitrogens with one attached hydrogen (secondary N) is 2. The number of halogens is 2. The number of anilines is 1. The quantitative estimate of drug-likeness (QED) is 0.450. The smallest absolute Gasteiger partial charge is 0.319 e. The lowest BCUT2D eigenvalue weighted by molar-refractivity contribution is -0.137. The largest absolute Gasteiger partial charge is 0.505 e. The van der Waals surface area contributed by atoms with E-state index in [1.165, 1.54) is 48.1 Å². The highest BCUT2D eigenvalue weighted by atomic mass is 19.1. The second-order valence-corrected chi connectivity index (χ2v) is 7.45. The standard InChI is InChI=1S/C23H21F2N3O5/c1-12-11-28(2)22(32)20(21(12)31)27-23(33)26-18(10-19(29)30)14-5-3-13(4-6-14)16-8-7-15(24)9-17(16)25/h3-9,11,18,31H,10H2,1-2H3,(H,29,30)(H2,26,27,33). The Morgan fingerprint density at radius 1 is 1.12 bits per heavy atom. The number of aliphatic carboxylic acids is 1. The van der Waals surface area contributed by atoms with E-state index in [2.05, 4.69) is 10.6 Å². The Morgan fingerprint density at radius 3 is 2.39 bits per heavy atom. The van der Waals surface area contributed by atoms with Crippen LogP contribution in [0, 0.1) is 18.6 Å². The molecule has 3 rings (SSSR count).